The Balaban J connectivity index is 1.97. The molecule has 3 aromatic heterocycles. The number of fused-ring (bicyclic) bond motifs is 1. The quantitative estimate of drug-likeness (QED) is 0.736. The van der Waals surface area contributed by atoms with E-state index in [0.29, 0.717) is 0 Å². The fraction of sp³-hybridized carbons (Fsp3) is 0.417. The standard InChI is InChI=1S/C12H15N5OS/c1-7-10-11(17(4)14-7)13-12(19-10)16(3)8(2)9-5-6-18-15-9/h5-6,8H,1-4H3/t8-/m1/s1. The Labute approximate surface area is 114 Å². The van der Waals surface area contributed by atoms with Gasteiger partial charge in [-0.25, -0.2) is 9.67 Å². The Kier molecular flexibility index (Phi) is 2.78. The normalized spacial score (nSPS) is 13.1. The van der Waals surface area contributed by atoms with Crippen LogP contribution in [0, 0.1) is 6.92 Å². The van der Waals surface area contributed by atoms with Gasteiger partial charge in [0.15, 0.2) is 10.8 Å². The van der Waals surface area contributed by atoms with E-state index in [0.717, 1.165) is 26.9 Å². The summed E-state index contributed by atoms with van der Waals surface area (Å²) in [6.45, 7) is 4.08. The summed E-state index contributed by atoms with van der Waals surface area (Å²) in [6, 6.07) is 1.99. The molecule has 6 nitrogen and oxygen atoms in total. The lowest BCUT2D eigenvalue weighted by atomic mass is 10.2. The molecule has 0 aliphatic heterocycles. The highest BCUT2D eigenvalue weighted by Crippen LogP contribution is 2.33. The largest absolute Gasteiger partial charge is 0.364 e. The zero-order valence-electron chi connectivity index (χ0n) is 11.3. The molecule has 0 aromatic carbocycles. The predicted octanol–water partition coefficient (Wildman–Crippen LogP) is 2.52. The summed E-state index contributed by atoms with van der Waals surface area (Å²) < 4.78 is 7.85. The number of rotatable bonds is 3. The van der Waals surface area contributed by atoms with E-state index in [4.69, 9.17) is 4.52 Å². The highest BCUT2D eigenvalue weighted by molar-refractivity contribution is 7.22. The lowest BCUT2D eigenvalue weighted by molar-refractivity contribution is 0.406. The van der Waals surface area contributed by atoms with E-state index in [1.165, 1.54) is 0 Å². The van der Waals surface area contributed by atoms with Gasteiger partial charge in [0.2, 0.25) is 0 Å². The summed E-state index contributed by atoms with van der Waals surface area (Å²) in [6.07, 6.45) is 1.59. The number of hydrogen-bond acceptors (Lipinski definition) is 6. The number of aromatic nitrogens is 4. The summed E-state index contributed by atoms with van der Waals surface area (Å²) in [4.78, 5) is 6.75. The number of nitrogens with zero attached hydrogens (tertiary/aromatic N) is 5. The minimum atomic E-state index is 0.118. The first-order chi connectivity index (χ1) is 9.08. The van der Waals surface area contributed by atoms with Crippen molar-refractivity contribution in [1.82, 2.24) is 19.9 Å². The molecule has 0 unspecified atom stereocenters. The van der Waals surface area contributed by atoms with Gasteiger partial charge in [0.05, 0.1) is 16.4 Å². The van der Waals surface area contributed by atoms with E-state index in [-0.39, 0.29) is 6.04 Å². The monoisotopic (exact) mass is 277 g/mol. The molecule has 0 bridgehead atoms. The summed E-state index contributed by atoms with van der Waals surface area (Å²) in [5.41, 5.74) is 2.84. The van der Waals surface area contributed by atoms with Crippen LogP contribution in [0.1, 0.15) is 24.4 Å². The number of hydrogen-bond donors (Lipinski definition) is 0. The van der Waals surface area contributed by atoms with Crippen molar-refractivity contribution in [2.45, 2.75) is 19.9 Å². The van der Waals surface area contributed by atoms with Crippen LogP contribution in [0.15, 0.2) is 16.9 Å². The molecule has 0 amide bonds. The third-order valence-electron chi connectivity index (χ3n) is 3.30. The van der Waals surface area contributed by atoms with Gasteiger partial charge >= 0.3 is 0 Å². The minimum absolute atomic E-state index is 0.118. The van der Waals surface area contributed by atoms with E-state index < -0.39 is 0 Å². The molecule has 19 heavy (non-hydrogen) atoms. The highest BCUT2D eigenvalue weighted by Gasteiger charge is 2.20. The summed E-state index contributed by atoms with van der Waals surface area (Å²) in [5, 5.41) is 9.31. The molecule has 0 saturated heterocycles. The van der Waals surface area contributed by atoms with Gasteiger partial charge in [-0.05, 0) is 13.8 Å². The summed E-state index contributed by atoms with van der Waals surface area (Å²) >= 11 is 1.65. The van der Waals surface area contributed by atoms with Gasteiger partial charge < -0.3 is 9.42 Å². The molecule has 0 aliphatic rings. The average molecular weight is 277 g/mol. The average Bonchev–Trinajstić information content (AvgIpc) is 3.08. The fourth-order valence-electron chi connectivity index (χ4n) is 2.03. The Morgan fingerprint density at radius 1 is 1.47 bits per heavy atom. The van der Waals surface area contributed by atoms with Gasteiger partial charge in [-0.2, -0.15) is 5.10 Å². The predicted molar refractivity (Wildman–Crippen MR) is 74.4 cm³/mol. The molecular formula is C12H15N5OS. The van der Waals surface area contributed by atoms with Gasteiger partial charge in [0.25, 0.3) is 0 Å². The summed E-state index contributed by atoms with van der Waals surface area (Å²) in [5.74, 6) is 0. The van der Waals surface area contributed by atoms with Crippen molar-refractivity contribution in [2.75, 3.05) is 11.9 Å². The number of anilines is 1. The molecule has 3 rings (SSSR count). The highest BCUT2D eigenvalue weighted by atomic mass is 32.1. The van der Waals surface area contributed by atoms with Crippen molar-refractivity contribution in [3.63, 3.8) is 0 Å². The third-order valence-corrected chi connectivity index (χ3v) is 4.55. The first kappa shape index (κ1) is 12.2. The van der Waals surface area contributed by atoms with Crippen LogP contribution < -0.4 is 4.90 Å². The van der Waals surface area contributed by atoms with Gasteiger partial charge in [0, 0.05) is 20.2 Å². The van der Waals surface area contributed by atoms with E-state index in [1.807, 2.05) is 31.8 Å². The molecule has 100 valence electrons. The smallest absolute Gasteiger partial charge is 0.188 e. The van der Waals surface area contributed by atoms with E-state index in [9.17, 15) is 0 Å². The maximum atomic E-state index is 4.90. The zero-order valence-corrected chi connectivity index (χ0v) is 12.1. The van der Waals surface area contributed by atoms with Gasteiger partial charge in [0.1, 0.15) is 12.0 Å². The second-order valence-corrected chi connectivity index (χ2v) is 5.55. The van der Waals surface area contributed by atoms with Crippen molar-refractivity contribution >= 4 is 26.8 Å². The summed E-state index contributed by atoms with van der Waals surface area (Å²) in [7, 11) is 3.93. The Hall–Kier alpha value is -1.89. The lowest BCUT2D eigenvalue weighted by Gasteiger charge is -2.21. The van der Waals surface area contributed by atoms with Crippen molar-refractivity contribution in [3.05, 3.63) is 23.7 Å². The molecule has 0 spiro atoms. The first-order valence-corrected chi connectivity index (χ1v) is 6.83. The van der Waals surface area contributed by atoms with Crippen LogP contribution >= 0.6 is 11.3 Å². The molecule has 3 heterocycles. The van der Waals surface area contributed by atoms with Crippen LogP contribution in [0.4, 0.5) is 5.13 Å². The van der Waals surface area contributed by atoms with Crippen molar-refractivity contribution in [2.24, 2.45) is 7.05 Å². The first-order valence-electron chi connectivity index (χ1n) is 6.01. The Bertz CT molecular complexity index is 665. The molecule has 3 aromatic rings. The fourth-order valence-corrected chi connectivity index (χ4v) is 3.10. The third kappa shape index (κ3) is 1.90. The Morgan fingerprint density at radius 2 is 2.26 bits per heavy atom. The van der Waals surface area contributed by atoms with Crippen molar-refractivity contribution in [3.8, 4) is 0 Å². The van der Waals surface area contributed by atoms with Gasteiger partial charge in [-0.1, -0.05) is 16.5 Å². The van der Waals surface area contributed by atoms with Crippen LogP contribution in [0.25, 0.3) is 10.3 Å². The molecule has 0 aliphatic carbocycles. The molecule has 0 saturated carbocycles. The van der Waals surface area contributed by atoms with Crippen LogP contribution in [0.5, 0.6) is 0 Å². The SMILES string of the molecule is Cc1nn(C)c2nc(N(C)[C@H](C)c3ccon3)sc12. The maximum Gasteiger partial charge on any atom is 0.188 e. The maximum absolute atomic E-state index is 4.90. The van der Waals surface area contributed by atoms with E-state index in [2.05, 4.69) is 27.1 Å². The topological polar surface area (TPSA) is 60.0 Å². The molecule has 7 heteroatoms. The van der Waals surface area contributed by atoms with Crippen LogP contribution in [-0.2, 0) is 7.05 Å². The molecular weight excluding hydrogens is 262 g/mol. The molecule has 0 N–H and O–H groups in total. The van der Waals surface area contributed by atoms with E-state index in [1.54, 1.807) is 17.6 Å². The van der Waals surface area contributed by atoms with Gasteiger partial charge in [-0.3, -0.25) is 0 Å². The number of thiazole rings is 1. The molecule has 1 atom stereocenters. The lowest BCUT2D eigenvalue weighted by Crippen LogP contribution is -2.21. The van der Waals surface area contributed by atoms with Gasteiger partial charge in [-0.15, -0.1) is 0 Å². The zero-order chi connectivity index (χ0) is 13.6. The second kappa shape index (κ2) is 4.34. The molecule has 0 radical (unpaired) electrons. The molecule has 0 fully saturated rings. The second-order valence-electron chi connectivity index (χ2n) is 4.57. The van der Waals surface area contributed by atoms with Crippen LogP contribution in [0.2, 0.25) is 0 Å². The van der Waals surface area contributed by atoms with Crippen LogP contribution in [-0.4, -0.2) is 27.0 Å². The Morgan fingerprint density at radius 3 is 2.89 bits per heavy atom. The van der Waals surface area contributed by atoms with Crippen LogP contribution in [0.3, 0.4) is 0 Å². The number of aryl methyl sites for hydroxylation is 2. The minimum Gasteiger partial charge on any atom is -0.364 e. The van der Waals surface area contributed by atoms with Crippen molar-refractivity contribution < 1.29 is 4.52 Å². The van der Waals surface area contributed by atoms with Crippen molar-refractivity contribution in [1.29, 1.82) is 0 Å². The van der Waals surface area contributed by atoms with E-state index >= 15 is 0 Å².